The number of allylic oxidation sites excluding steroid dienone is 6. The molecule has 35 heavy (non-hydrogen) atoms. The van der Waals surface area contributed by atoms with Gasteiger partial charge in [-0.1, -0.05) is 56.2 Å². The van der Waals surface area contributed by atoms with Gasteiger partial charge in [0.1, 0.15) is 19.3 Å². The maximum absolute atomic E-state index is 12.0. The van der Waals surface area contributed by atoms with E-state index in [1.54, 1.807) is 0 Å². The normalized spacial score (nSPS) is 15.3. The van der Waals surface area contributed by atoms with Crippen LogP contribution in [0.3, 0.4) is 0 Å². The van der Waals surface area contributed by atoms with E-state index in [1.807, 2.05) is 21.1 Å². The number of rotatable bonds is 22. The van der Waals surface area contributed by atoms with Crippen molar-refractivity contribution in [3.05, 3.63) is 36.5 Å². The maximum Gasteiger partial charge on any atom is 0.472 e. The first-order valence-electron chi connectivity index (χ1n) is 12.8. The lowest BCUT2D eigenvalue weighted by molar-refractivity contribution is -0.870. The Morgan fingerprint density at radius 2 is 1.49 bits per heavy atom. The van der Waals surface area contributed by atoms with Gasteiger partial charge in [0, 0.05) is 6.42 Å². The van der Waals surface area contributed by atoms with Crippen LogP contribution in [-0.2, 0) is 23.1 Å². The SMILES string of the molecule is CCCCCC=CCC=CCC=CCCCCC(=O)O[C@@H](CO)COP(=O)(O)OCC[N+](C)(C)C. The van der Waals surface area contributed by atoms with E-state index in [4.69, 9.17) is 13.8 Å². The van der Waals surface area contributed by atoms with Crippen LogP contribution in [0.1, 0.15) is 71.1 Å². The van der Waals surface area contributed by atoms with Crippen molar-refractivity contribution in [3.8, 4) is 0 Å². The van der Waals surface area contributed by atoms with E-state index in [-0.39, 0.29) is 13.0 Å². The topological polar surface area (TPSA) is 102 Å². The molecule has 9 heteroatoms. The maximum atomic E-state index is 12.0. The number of nitrogens with zero attached hydrogens (tertiary/aromatic N) is 1. The average Bonchev–Trinajstić information content (AvgIpc) is 2.78. The lowest BCUT2D eigenvalue weighted by Crippen LogP contribution is -2.37. The molecule has 0 saturated heterocycles. The summed E-state index contributed by atoms with van der Waals surface area (Å²) in [4.78, 5) is 21.7. The highest BCUT2D eigenvalue weighted by Gasteiger charge is 2.25. The summed E-state index contributed by atoms with van der Waals surface area (Å²) in [5.74, 6) is -0.471. The van der Waals surface area contributed by atoms with Gasteiger partial charge in [0.15, 0.2) is 0 Å². The molecule has 204 valence electrons. The summed E-state index contributed by atoms with van der Waals surface area (Å²) in [6.07, 6.45) is 21.5. The summed E-state index contributed by atoms with van der Waals surface area (Å²) in [5, 5.41) is 9.37. The first kappa shape index (κ1) is 33.7. The summed E-state index contributed by atoms with van der Waals surface area (Å²) in [7, 11) is 1.52. The van der Waals surface area contributed by atoms with Crippen molar-refractivity contribution in [2.75, 3.05) is 47.5 Å². The van der Waals surface area contributed by atoms with Gasteiger partial charge < -0.3 is 19.2 Å². The van der Waals surface area contributed by atoms with Gasteiger partial charge in [-0.3, -0.25) is 13.8 Å². The second kappa shape index (κ2) is 20.9. The molecule has 0 amide bonds. The molecule has 0 aliphatic heterocycles. The number of phosphoric ester groups is 1. The Kier molecular flexibility index (Phi) is 20.1. The Balaban J connectivity index is 3.90. The largest absolute Gasteiger partial charge is 0.472 e. The molecular formula is C26H49NO7P+. The van der Waals surface area contributed by atoms with Crippen LogP contribution in [0.2, 0.25) is 0 Å². The lowest BCUT2D eigenvalue weighted by atomic mass is 10.1. The van der Waals surface area contributed by atoms with Gasteiger partial charge in [0.25, 0.3) is 0 Å². The molecule has 0 radical (unpaired) electrons. The van der Waals surface area contributed by atoms with Crippen LogP contribution in [0.5, 0.6) is 0 Å². The molecule has 0 aliphatic rings. The number of carbonyl (C=O) groups is 1. The van der Waals surface area contributed by atoms with E-state index in [2.05, 4.69) is 43.4 Å². The fourth-order valence-electron chi connectivity index (χ4n) is 2.83. The highest BCUT2D eigenvalue weighted by Crippen LogP contribution is 2.43. The Labute approximate surface area is 212 Å². The standard InChI is InChI=1S/C26H48NO7P/c1-5-6-7-8-9-10-11-12-13-14-15-16-17-18-19-20-26(29)34-25(23-28)24-33-35(30,31)32-22-21-27(2,3)4/h9-10,12-13,15-16,25,28H,5-8,11,14,17-24H2,1-4H3/p+1/t25-/m0/s1. The van der Waals surface area contributed by atoms with Gasteiger partial charge in [0.05, 0.1) is 34.4 Å². The second-order valence-corrected chi connectivity index (χ2v) is 11.0. The molecule has 1 unspecified atom stereocenters. The first-order valence-corrected chi connectivity index (χ1v) is 14.3. The number of hydrogen-bond donors (Lipinski definition) is 2. The zero-order chi connectivity index (χ0) is 26.4. The second-order valence-electron chi connectivity index (χ2n) is 9.53. The fraction of sp³-hybridized carbons (Fsp3) is 0.731. The van der Waals surface area contributed by atoms with Gasteiger partial charge >= 0.3 is 13.8 Å². The number of aliphatic hydroxyl groups excluding tert-OH is 1. The minimum atomic E-state index is -4.27. The van der Waals surface area contributed by atoms with Gasteiger partial charge in [-0.15, -0.1) is 0 Å². The number of ether oxygens (including phenoxy) is 1. The number of hydrogen-bond acceptors (Lipinski definition) is 6. The summed E-state index contributed by atoms with van der Waals surface area (Å²) in [5.41, 5.74) is 0. The molecule has 0 saturated carbocycles. The van der Waals surface area contributed by atoms with Crippen LogP contribution in [0.25, 0.3) is 0 Å². The molecule has 8 nitrogen and oxygen atoms in total. The van der Waals surface area contributed by atoms with Crippen LogP contribution in [-0.4, -0.2) is 74.1 Å². The average molecular weight is 519 g/mol. The Morgan fingerprint density at radius 3 is 2.03 bits per heavy atom. The molecule has 0 fully saturated rings. The Bertz CT molecular complexity index is 671. The number of esters is 1. The number of quaternary nitrogens is 1. The molecular weight excluding hydrogens is 469 g/mol. The summed E-state index contributed by atoms with van der Waals surface area (Å²) in [6, 6.07) is 0. The third kappa shape index (κ3) is 24.2. The summed E-state index contributed by atoms with van der Waals surface area (Å²) >= 11 is 0. The van der Waals surface area contributed by atoms with Crippen molar-refractivity contribution in [2.24, 2.45) is 0 Å². The van der Waals surface area contributed by atoms with Crippen LogP contribution >= 0.6 is 7.82 Å². The zero-order valence-electron chi connectivity index (χ0n) is 22.3. The van der Waals surface area contributed by atoms with Crippen molar-refractivity contribution in [1.82, 2.24) is 0 Å². The third-order valence-corrected chi connectivity index (χ3v) is 5.95. The number of carbonyl (C=O) groups excluding carboxylic acids is 1. The summed E-state index contributed by atoms with van der Waals surface area (Å²) in [6.45, 7) is 1.86. The van der Waals surface area contributed by atoms with Gasteiger partial charge in [0.2, 0.25) is 0 Å². The zero-order valence-corrected chi connectivity index (χ0v) is 23.2. The lowest BCUT2D eigenvalue weighted by Gasteiger charge is -2.24. The molecule has 0 bridgehead atoms. The van der Waals surface area contributed by atoms with Crippen molar-refractivity contribution in [1.29, 1.82) is 0 Å². The monoisotopic (exact) mass is 518 g/mol. The van der Waals surface area contributed by atoms with E-state index in [9.17, 15) is 19.4 Å². The van der Waals surface area contributed by atoms with E-state index in [0.29, 0.717) is 17.4 Å². The molecule has 0 spiro atoms. The van der Waals surface area contributed by atoms with Crippen LogP contribution in [0.15, 0.2) is 36.5 Å². The predicted molar refractivity (Wildman–Crippen MR) is 141 cm³/mol. The number of aliphatic hydroxyl groups is 1. The van der Waals surface area contributed by atoms with Crippen LogP contribution in [0.4, 0.5) is 0 Å². The van der Waals surface area contributed by atoms with Crippen molar-refractivity contribution >= 4 is 13.8 Å². The predicted octanol–water partition coefficient (Wildman–Crippen LogP) is 5.32. The smallest absolute Gasteiger partial charge is 0.457 e. The Morgan fingerprint density at radius 1 is 0.914 bits per heavy atom. The Hall–Kier alpha value is -1.28. The highest BCUT2D eigenvalue weighted by molar-refractivity contribution is 7.47. The number of likely N-dealkylation sites (N-methyl/N-ethyl adjacent to an activating group) is 1. The third-order valence-electron chi connectivity index (χ3n) is 4.96. The van der Waals surface area contributed by atoms with Crippen LogP contribution < -0.4 is 0 Å². The quantitative estimate of drug-likeness (QED) is 0.0657. The number of phosphoric acid groups is 1. The minimum absolute atomic E-state index is 0.0438. The minimum Gasteiger partial charge on any atom is -0.457 e. The molecule has 0 aromatic carbocycles. The number of unbranched alkanes of at least 4 members (excludes halogenated alkanes) is 5. The van der Waals surface area contributed by atoms with E-state index in [1.165, 1.54) is 25.7 Å². The highest BCUT2D eigenvalue weighted by atomic mass is 31.2. The first-order chi connectivity index (χ1) is 16.6. The van der Waals surface area contributed by atoms with Crippen molar-refractivity contribution in [3.63, 3.8) is 0 Å². The van der Waals surface area contributed by atoms with Gasteiger partial charge in [-0.05, 0) is 44.9 Å². The summed E-state index contributed by atoms with van der Waals surface area (Å²) < 4.78 is 27.4. The van der Waals surface area contributed by atoms with E-state index in [0.717, 1.165) is 25.7 Å². The van der Waals surface area contributed by atoms with E-state index < -0.39 is 33.1 Å². The van der Waals surface area contributed by atoms with E-state index >= 15 is 0 Å². The molecule has 0 heterocycles. The van der Waals surface area contributed by atoms with Crippen LogP contribution in [0, 0.1) is 0 Å². The molecule has 2 atom stereocenters. The van der Waals surface area contributed by atoms with Gasteiger partial charge in [-0.2, -0.15) is 0 Å². The molecule has 0 rings (SSSR count). The molecule has 0 aromatic rings. The molecule has 0 aromatic heterocycles. The van der Waals surface area contributed by atoms with Crippen molar-refractivity contribution < 1.29 is 37.6 Å². The molecule has 0 aliphatic carbocycles. The molecule has 2 N–H and O–H groups in total. The fourth-order valence-corrected chi connectivity index (χ4v) is 3.58. The van der Waals surface area contributed by atoms with Crippen molar-refractivity contribution in [2.45, 2.75) is 77.2 Å². The van der Waals surface area contributed by atoms with Gasteiger partial charge in [-0.25, -0.2) is 4.57 Å².